The number of ether oxygens (including phenoxy) is 1. The van der Waals surface area contributed by atoms with Crippen LogP contribution in [0.25, 0.3) is 0 Å². The molecular weight excluding hydrogens is 374 g/mol. The summed E-state index contributed by atoms with van der Waals surface area (Å²) in [5.41, 5.74) is 5.52. The van der Waals surface area contributed by atoms with Crippen LogP contribution in [0.2, 0.25) is 0 Å². The second kappa shape index (κ2) is 8.74. The van der Waals surface area contributed by atoms with Crippen LogP contribution in [0, 0.1) is 0 Å². The molecule has 0 aliphatic heterocycles. The van der Waals surface area contributed by atoms with E-state index in [0.717, 1.165) is 41.8 Å². The van der Waals surface area contributed by atoms with Crippen LogP contribution < -0.4 is 9.64 Å². The average molecular weight is 404 g/mol. The molecule has 1 unspecified atom stereocenters. The number of aromatic nitrogens is 2. The van der Waals surface area contributed by atoms with Crippen molar-refractivity contribution < 1.29 is 9.53 Å². The van der Waals surface area contributed by atoms with Gasteiger partial charge in [0.25, 0.3) is 0 Å². The van der Waals surface area contributed by atoms with Crippen LogP contribution in [0.3, 0.4) is 0 Å². The van der Waals surface area contributed by atoms with Crippen LogP contribution in [0.5, 0.6) is 5.75 Å². The van der Waals surface area contributed by atoms with Gasteiger partial charge < -0.3 is 9.64 Å². The van der Waals surface area contributed by atoms with E-state index in [4.69, 9.17) is 4.74 Å². The molecule has 4 rings (SSSR count). The fourth-order valence-electron chi connectivity index (χ4n) is 4.23. The highest BCUT2D eigenvalue weighted by atomic mass is 16.5. The van der Waals surface area contributed by atoms with Crippen molar-refractivity contribution in [2.45, 2.75) is 51.5 Å². The number of carbonyl (C=O) groups excluding carboxylic acids is 1. The highest BCUT2D eigenvalue weighted by Gasteiger charge is 2.31. The van der Waals surface area contributed by atoms with Crippen molar-refractivity contribution in [2.75, 3.05) is 12.0 Å². The summed E-state index contributed by atoms with van der Waals surface area (Å²) in [5, 5.41) is 6.91. The number of rotatable bonds is 6. The van der Waals surface area contributed by atoms with E-state index in [1.54, 1.807) is 13.3 Å². The van der Waals surface area contributed by atoms with Gasteiger partial charge in [-0.15, -0.1) is 0 Å². The minimum absolute atomic E-state index is 0.128. The zero-order valence-electron chi connectivity index (χ0n) is 17.9. The maximum atomic E-state index is 13.9. The van der Waals surface area contributed by atoms with E-state index in [0.29, 0.717) is 12.5 Å². The second-order valence-electron chi connectivity index (χ2n) is 8.29. The topological polar surface area (TPSA) is 58.2 Å². The molecule has 0 bridgehead atoms. The van der Waals surface area contributed by atoms with Crippen molar-refractivity contribution in [3.05, 3.63) is 77.1 Å². The summed E-state index contributed by atoms with van der Waals surface area (Å²) in [6.07, 6.45) is 6.50. The molecule has 0 fully saturated rings. The van der Waals surface area contributed by atoms with Crippen LogP contribution in [-0.2, 0) is 17.8 Å². The summed E-state index contributed by atoms with van der Waals surface area (Å²) in [6.45, 7) is 4.84. The van der Waals surface area contributed by atoms with Crippen molar-refractivity contribution in [3.63, 3.8) is 0 Å². The smallest absolute Gasteiger partial charge is 0.234 e. The molecule has 5 nitrogen and oxygen atoms in total. The van der Waals surface area contributed by atoms with E-state index in [1.807, 2.05) is 23.2 Å². The van der Waals surface area contributed by atoms with Gasteiger partial charge in [-0.25, -0.2) is 0 Å². The number of carbonyl (C=O) groups is 1. The molecule has 30 heavy (non-hydrogen) atoms. The van der Waals surface area contributed by atoms with Gasteiger partial charge in [0, 0.05) is 17.4 Å². The van der Waals surface area contributed by atoms with Crippen LogP contribution in [0.1, 0.15) is 60.8 Å². The molecule has 1 heterocycles. The molecule has 1 aromatic heterocycles. The van der Waals surface area contributed by atoms with Crippen molar-refractivity contribution >= 4 is 11.6 Å². The summed E-state index contributed by atoms with van der Waals surface area (Å²) in [7, 11) is 1.67. The number of fused-ring (bicyclic) bond motifs is 1. The number of H-pyrrole nitrogens is 1. The van der Waals surface area contributed by atoms with Crippen LogP contribution in [-0.4, -0.2) is 23.2 Å². The highest BCUT2D eigenvalue weighted by molar-refractivity contribution is 5.98. The molecule has 5 heteroatoms. The standard InChI is InChI=1S/C25H29N3O2/c1-17(2)19-7-10-21(11-8-19)28(16-18-14-26-27-15-18)25(29)23-6-4-5-20-9-12-22(30-3)13-24(20)23/h7-15,17,23H,4-6,16H2,1-3H3,(H,26,27). The van der Waals surface area contributed by atoms with Gasteiger partial charge in [-0.1, -0.05) is 32.0 Å². The van der Waals surface area contributed by atoms with Crippen molar-refractivity contribution in [2.24, 2.45) is 0 Å². The first-order chi connectivity index (χ1) is 14.6. The monoisotopic (exact) mass is 403 g/mol. The Balaban J connectivity index is 1.70. The van der Waals surface area contributed by atoms with E-state index in [-0.39, 0.29) is 11.8 Å². The molecular formula is C25H29N3O2. The number of aromatic amines is 1. The Labute approximate surface area is 178 Å². The van der Waals surface area contributed by atoms with E-state index in [1.165, 1.54) is 11.1 Å². The van der Waals surface area contributed by atoms with E-state index in [2.05, 4.69) is 54.4 Å². The molecule has 156 valence electrons. The van der Waals surface area contributed by atoms with Crippen LogP contribution in [0.15, 0.2) is 54.9 Å². The Morgan fingerprint density at radius 2 is 2.03 bits per heavy atom. The third-order valence-electron chi connectivity index (χ3n) is 6.00. The lowest BCUT2D eigenvalue weighted by molar-refractivity contribution is -0.120. The number of hydrogen-bond donors (Lipinski definition) is 1. The number of benzene rings is 2. The largest absolute Gasteiger partial charge is 0.497 e. The third-order valence-corrected chi connectivity index (χ3v) is 6.00. The van der Waals surface area contributed by atoms with E-state index >= 15 is 0 Å². The molecule has 1 amide bonds. The number of methoxy groups -OCH3 is 1. The zero-order valence-corrected chi connectivity index (χ0v) is 17.9. The number of nitrogens with zero attached hydrogens (tertiary/aromatic N) is 2. The molecule has 1 aliphatic rings. The first kappa shape index (κ1) is 20.2. The zero-order chi connectivity index (χ0) is 21.1. The Morgan fingerprint density at radius 1 is 1.23 bits per heavy atom. The quantitative estimate of drug-likeness (QED) is 0.616. The van der Waals surface area contributed by atoms with Gasteiger partial charge in [-0.05, 0) is 66.1 Å². The highest BCUT2D eigenvalue weighted by Crippen LogP contribution is 2.37. The van der Waals surface area contributed by atoms with Gasteiger partial charge in [-0.2, -0.15) is 5.10 Å². The molecule has 0 saturated carbocycles. The second-order valence-corrected chi connectivity index (χ2v) is 8.29. The first-order valence-corrected chi connectivity index (χ1v) is 10.6. The lowest BCUT2D eigenvalue weighted by Crippen LogP contribution is -2.36. The summed E-state index contributed by atoms with van der Waals surface area (Å²) in [4.78, 5) is 15.8. The maximum Gasteiger partial charge on any atom is 0.234 e. The van der Waals surface area contributed by atoms with Gasteiger partial charge in [0.05, 0.1) is 25.8 Å². The maximum absolute atomic E-state index is 13.9. The van der Waals surface area contributed by atoms with Crippen LogP contribution in [0.4, 0.5) is 5.69 Å². The van der Waals surface area contributed by atoms with Gasteiger partial charge in [0.15, 0.2) is 0 Å². The molecule has 3 aromatic rings. The number of amides is 1. The Kier molecular flexibility index (Phi) is 5.88. The minimum atomic E-state index is -0.166. The van der Waals surface area contributed by atoms with Crippen molar-refractivity contribution in [1.82, 2.24) is 10.2 Å². The molecule has 0 radical (unpaired) electrons. The fourth-order valence-corrected chi connectivity index (χ4v) is 4.23. The summed E-state index contributed by atoms with van der Waals surface area (Å²) >= 11 is 0. The Morgan fingerprint density at radius 3 is 2.70 bits per heavy atom. The molecule has 2 aromatic carbocycles. The minimum Gasteiger partial charge on any atom is -0.497 e. The van der Waals surface area contributed by atoms with Gasteiger partial charge in [0.2, 0.25) is 5.91 Å². The molecule has 0 spiro atoms. The number of anilines is 1. The average Bonchev–Trinajstić information content (AvgIpc) is 3.29. The lowest BCUT2D eigenvalue weighted by atomic mass is 9.81. The molecule has 0 saturated heterocycles. The van der Waals surface area contributed by atoms with Crippen molar-refractivity contribution in [1.29, 1.82) is 0 Å². The van der Waals surface area contributed by atoms with Crippen molar-refractivity contribution in [3.8, 4) is 5.75 Å². The van der Waals surface area contributed by atoms with Gasteiger partial charge >= 0.3 is 0 Å². The Bertz CT molecular complexity index is 994. The molecule has 1 aliphatic carbocycles. The summed E-state index contributed by atoms with van der Waals surface area (Å²) < 4.78 is 5.44. The number of aryl methyl sites for hydroxylation is 1. The molecule has 1 N–H and O–H groups in total. The van der Waals surface area contributed by atoms with E-state index in [9.17, 15) is 4.79 Å². The summed E-state index contributed by atoms with van der Waals surface area (Å²) in [6, 6.07) is 14.5. The third kappa shape index (κ3) is 4.11. The normalized spacial score (nSPS) is 15.7. The SMILES string of the molecule is COc1ccc2c(c1)C(C(=O)N(Cc1cn[nH]c1)c1ccc(C(C)C)cc1)CCC2. The van der Waals surface area contributed by atoms with Gasteiger partial charge in [0.1, 0.15) is 5.75 Å². The predicted octanol–water partition coefficient (Wildman–Crippen LogP) is 5.20. The predicted molar refractivity (Wildman–Crippen MR) is 119 cm³/mol. The fraction of sp³-hybridized carbons (Fsp3) is 0.360. The Hall–Kier alpha value is -3.08. The molecule has 1 atom stereocenters. The van der Waals surface area contributed by atoms with Crippen LogP contribution >= 0.6 is 0 Å². The van der Waals surface area contributed by atoms with Gasteiger partial charge in [-0.3, -0.25) is 9.89 Å². The number of hydrogen-bond acceptors (Lipinski definition) is 3. The van der Waals surface area contributed by atoms with E-state index < -0.39 is 0 Å². The number of nitrogens with one attached hydrogen (secondary N) is 1. The summed E-state index contributed by atoms with van der Waals surface area (Å²) in [5.74, 6) is 1.22. The first-order valence-electron chi connectivity index (χ1n) is 10.6. The lowest BCUT2D eigenvalue weighted by Gasteiger charge is -2.31.